The number of carbonyl (C=O) groups is 1. The third-order valence-electron chi connectivity index (χ3n) is 2.03. The zero-order valence-electron chi connectivity index (χ0n) is 9.42. The molecule has 0 aliphatic carbocycles. The second kappa shape index (κ2) is 5.04. The van der Waals surface area contributed by atoms with Crippen molar-refractivity contribution in [2.24, 2.45) is 0 Å². The fourth-order valence-electron chi connectivity index (χ4n) is 1.22. The predicted octanol–water partition coefficient (Wildman–Crippen LogP) is 3.24. The first-order chi connectivity index (χ1) is 7.36. The number of hydrogen-bond acceptors (Lipinski definition) is 2. The largest absolute Gasteiger partial charge is 0.269 e. The summed E-state index contributed by atoms with van der Waals surface area (Å²) in [6, 6.07) is 6.75. The average molecular weight is 261 g/mol. The Balaban J connectivity index is 3.01. The zero-order valence-corrected chi connectivity index (χ0v) is 10.9. The number of amides is 1. The van der Waals surface area contributed by atoms with Gasteiger partial charge in [0.15, 0.2) is 0 Å². The van der Waals surface area contributed by atoms with Crippen LogP contribution in [0.15, 0.2) is 24.3 Å². The quantitative estimate of drug-likeness (QED) is 0.654. The molecule has 1 aromatic rings. The fourth-order valence-corrected chi connectivity index (χ4v) is 1.74. The van der Waals surface area contributed by atoms with E-state index in [1.165, 1.54) is 5.01 Å². The molecule has 1 N–H and O–H groups in total. The van der Waals surface area contributed by atoms with Crippen LogP contribution in [0.2, 0.25) is 5.02 Å². The summed E-state index contributed by atoms with van der Waals surface area (Å²) in [4.78, 5) is 14.5. The molecule has 0 aliphatic rings. The molecule has 0 atom stereocenters. The van der Waals surface area contributed by atoms with E-state index in [1.807, 2.05) is 20.8 Å². The number of carbonyl (C=O) groups excluding carboxylic acids is 1. The van der Waals surface area contributed by atoms with E-state index in [9.17, 15) is 4.79 Å². The van der Waals surface area contributed by atoms with Crippen LogP contribution in [-0.4, -0.2) is 16.5 Å². The Morgan fingerprint density at radius 3 is 2.44 bits per heavy atom. The molecule has 88 valence electrons. The SMILES string of the molecule is CC(C)(C)N(NCl)C(=O)c1cccc(Cl)c1. The lowest BCUT2D eigenvalue weighted by atomic mass is 10.1. The Bertz CT molecular complexity index is 388. The van der Waals surface area contributed by atoms with Crippen molar-refractivity contribution in [3.63, 3.8) is 0 Å². The van der Waals surface area contributed by atoms with Gasteiger partial charge in [0.25, 0.3) is 5.91 Å². The summed E-state index contributed by atoms with van der Waals surface area (Å²) in [5.41, 5.74) is 0.0804. The van der Waals surface area contributed by atoms with Gasteiger partial charge in [0, 0.05) is 10.6 Å². The Morgan fingerprint density at radius 1 is 1.38 bits per heavy atom. The number of benzene rings is 1. The van der Waals surface area contributed by atoms with Gasteiger partial charge >= 0.3 is 0 Å². The van der Waals surface area contributed by atoms with Crippen LogP contribution in [0, 0.1) is 0 Å². The van der Waals surface area contributed by atoms with Crippen LogP contribution in [0.1, 0.15) is 31.1 Å². The highest BCUT2D eigenvalue weighted by Crippen LogP contribution is 2.17. The lowest BCUT2D eigenvalue weighted by Crippen LogP contribution is -2.50. The van der Waals surface area contributed by atoms with E-state index < -0.39 is 5.54 Å². The number of hydrazine groups is 1. The van der Waals surface area contributed by atoms with E-state index in [0.717, 1.165) is 0 Å². The van der Waals surface area contributed by atoms with Gasteiger partial charge in [0.2, 0.25) is 0 Å². The molecule has 0 spiro atoms. The minimum absolute atomic E-state index is 0.218. The summed E-state index contributed by atoms with van der Waals surface area (Å²) < 4.78 is 0. The van der Waals surface area contributed by atoms with Gasteiger partial charge in [-0.25, -0.2) is 0 Å². The van der Waals surface area contributed by atoms with Gasteiger partial charge in [-0.2, -0.15) is 0 Å². The van der Waals surface area contributed by atoms with Gasteiger partial charge in [-0.1, -0.05) is 17.7 Å². The molecule has 0 radical (unpaired) electrons. The summed E-state index contributed by atoms with van der Waals surface area (Å²) in [6.45, 7) is 5.64. The lowest BCUT2D eigenvalue weighted by molar-refractivity contribution is 0.0516. The first-order valence-corrected chi connectivity index (χ1v) is 5.58. The molecule has 1 rings (SSSR count). The molecule has 16 heavy (non-hydrogen) atoms. The molecular weight excluding hydrogens is 247 g/mol. The van der Waals surface area contributed by atoms with Crippen LogP contribution in [0.4, 0.5) is 0 Å². The van der Waals surface area contributed by atoms with Crippen molar-refractivity contribution in [1.29, 1.82) is 0 Å². The smallest absolute Gasteiger partial charge is 0.268 e. The monoisotopic (exact) mass is 260 g/mol. The van der Waals surface area contributed by atoms with Crippen LogP contribution >= 0.6 is 23.4 Å². The standard InChI is InChI=1S/C11H14Cl2N2O/c1-11(2,3)15(14-13)10(16)8-5-4-6-9(12)7-8/h4-7,14H,1-3H3. The van der Waals surface area contributed by atoms with Crippen LogP contribution in [0.25, 0.3) is 0 Å². The fraction of sp³-hybridized carbons (Fsp3) is 0.364. The van der Waals surface area contributed by atoms with E-state index in [-0.39, 0.29) is 5.91 Å². The third-order valence-corrected chi connectivity index (χ3v) is 2.43. The molecule has 0 aromatic heterocycles. The Hall–Kier alpha value is -0.770. The summed E-state index contributed by atoms with van der Waals surface area (Å²) >= 11 is 11.4. The number of rotatable bonds is 2. The highest BCUT2D eigenvalue weighted by atomic mass is 35.5. The van der Waals surface area contributed by atoms with Gasteiger partial charge in [-0.3, -0.25) is 9.80 Å². The van der Waals surface area contributed by atoms with E-state index in [2.05, 4.69) is 4.94 Å². The molecule has 5 heteroatoms. The second-order valence-corrected chi connectivity index (χ2v) is 5.01. The summed E-state index contributed by atoms with van der Waals surface area (Å²) in [5, 5.41) is 1.87. The summed E-state index contributed by atoms with van der Waals surface area (Å²) in [7, 11) is 0. The molecule has 0 saturated heterocycles. The first kappa shape index (κ1) is 13.3. The van der Waals surface area contributed by atoms with Crippen molar-refractivity contribution in [2.45, 2.75) is 26.3 Å². The van der Waals surface area contributed by atoms with Crippen molar-refractivity contribution in [2.75, 3.05) is 0 Å². The highest BCUT2D eigenvalue weighted by Gasteiger charge is 2.27. The molecule has 0 bridgehead atoms. The Kier molecular flexibility index (Phi) is 4.19. The Labute approximate surface area is 105 Å². The van der Waals surface area contributed by atoms with E-state index in [4.69, 9.17) is 23.4 Å². The molecule has 0 fully saturated rings. The molecule has 3 nitrogen and oxygen atoms in total. The maximum absolute atomic E-state index is 12.1. The molecule has 0 saturated carbocycles. The van der Waals surface area contributed by atoms with E-state index >= 15 is 0 Å². The topological polar surface area (TPSA) is 32.3 Å². The van der Waals surface area contributed by atoms with Crippen LogP contribution in [0.5, 0.6) is 0 Å². The average Bonchev–Trinajstić information content (AvgIpc) is 2.16. The zero-order chi connectivity index (χ0) is 12.3. The lowest BCUT2D eigenvalue weighted by Gasteiger charge is -2.33. The van der Waals surface area contributed by atoms with E-state index in [1.54, 1.807) is 24.3 Å². The van der Waals surface area contributed by atoms with Crippen molar-refractivity contribution in [1.82, 2.24) is 9.95 Å². The van der Waals surface area contributed by atoms with Crippen molar-refractivity contribution < 1.29 is 4.79 Å². The molecule has 1 amide bonds. The predicted molar refractivity (Wildman–Crippen MR) is 66.4 cm³/mol. The van der Waals surface area contributed by atoms with Crippen molar-refractivity contribution >= 4 is 29.3 Å². The number of nitrogens with one attached hydrogen (secondary N) is 1. The van der Waals surface area contributed by atoms with Crippen molar-refractivity contribution in [3.05, 3.63) is 34.9 Å². The molecule has 1 aromatic carbocycles. The van der Waals surface area contributed by atoms with Crippen LogP contribution in [-0.2, 0) is 0 Å². The third kappa shape index (κ3) is 3.11. The molecule has 0 aliphatic heterocycles. The molecule has 0 heterocycles. The maximum atomic E-state index is 12.1. The second-order valence-electron chi connectivity index (χ2n) is 4.41. The minimum Gasteiger partial charge on any atom is -0.268 e. The maximum Gasteiger partial charge on any atom is 0.269 e. The highest BCUT2D eigenvalue weighted by molar-refractivity contribution is 6.31. The van der Waals surface area contributed by atoms with Gasteiger partial charge in [0.1, 0.15) is 0 Å². The molecule has 0 unspecified atom stereocenters. The van der Waals surface area contributed by atoms with Crippen LogP contribution in [0.3, 0.4) is 0 Å². The van der Waals surface area contributed by atoms with Gasteiger partial charge in [0.05, 0.1) is 5.54 Å². The Morgan fingerprint density at radius 2 is 2.00 bits per heavy atom. The first-order valence-electron chi connectivity index (χ1n) is 4.82. The number of hydrogen-bond donors (Lipinski definition) is 1. The summed E-state index contributed by atoms with van der Waals surface area (Å²) in [6.07, 6.45) is 0. The molecular formula is C11H14Cl2N2O. The van der Waals surface area contributed by atoms with Crippen LogP contribution < -0.4 is 4.94 Å². The number of nitrogens with zero attached hydrogens (tertiary/aromatic N) is 1. The number of halogens is 2. The van der Waals surface area contributed by atoms with Crippen molar-refractivity contribution in [3.8, 4) is 0 Å². The summed E-state index contributed by atoms with van der Waals surface area (Å²) in [5.74, 6) is -0.218. The van der Waals surface area contributed by atoms with E-state index in [0.29, 0.717) is 10.6 Å². The van der Waals surface area contributed by atoms with Gasteiger partial charge in [-0.15, -0.1) is 4.94 Å². The van der Waals surface area contributed by atoms with Gasteiger partial charge in [-0.05, 0) is 50.7 Å². The minimum atomic E-state index is -0.416. The normalized spacial score (nSPS) is 11.3. The van der Waals surface area contributed by atoms with Gasteiger partial charge < -0.3 is 0 Å².